The summed E-state index contributed by atoms with van der Waals surface area (Å²) in [5, 5.41) is 15.8. The average molecular weight is 314 g/mol. The highest BCUT2D eigenvalue weighted by atomic mass is 35.5. The van der Waals surface area contributed by atoms with Crippen LogP contribution in [0.2, 0.25) is 10.0 Å². The summed E-state index contributed by atoms with van der Waals surface area (Å²) in [4.78, 5) is 5.24. The molecule has 0 fully saturated rings. The smallest absolute Gasteiger partial charge is 0.213 e. The highest BCUT2D eigenvalue weighted by Crippen LogP contribution is 2.33. The van der Waals surface area contributed by atoms with Crippen molar-refractivity contribution in [1.82, 2.24) is 14.6 Å². The summed E-state index contributed by atoms with van der Waals surface area (Å²) in [6.45, 7) is 1.74. The molecule has 19 heavy (non-hydrogen) atoms. The Labute approximate surface area is 123 Å². The normalized spacial score (nSPS) is 11.4. The van der Waals surface area contributed by atoms with Gasteiger partial charge in [-0.15, -0.1) is 0 Å². The number of rotatable bonds is 2. The fraction of sp³-hybridized carbons (Fsp3) is 0.167. The molecule has 0 atom stereocenters. The first-order valence-electron chi connectivity index (χ1n) is 5.51. The standard InChI is InChI=1S/C12H9Cl2N3OS/c1-6-16-17-10(5-18)11(15-12(17)19-6)8-3-2-7(13)4-9(8)14/h2-4,18H,5H2,1H3. The number of nitrogens with zero attached hydrogens (tertiary/aromatic N) is 3. The molecular formula is C12H9Cl2N3OS. The number of aromatic nitrogens is 3. The number of hydrogen-bond donors (Lipinski definition) is 1. The third kappa shape index (κ3) is 2.12. The van der Waals surface area contributed by atoms with Gasteiger partial charge in [0.25, 0.3) is 0 Å². The molecule has 7 heteroatoms. The lowest BCUT2D eigenvalue weighted by Gasteiger charge is -2.03. The van der Waals surface area contributed by atoms with Crippen LogP contribution in [-0.2, 0) is 6.61 Å². The Morgan fingerprint density at radius 3 is 2.84 bits per heavy atom. The van der Waals surface area contributed by atoms with E-state index in [4.69, 9.17) is 23.2 Å². The average Bonchev–Trinajstić information content (AvgIpc) is 2.84. The van der Waals surface area contributed by atoms with E-state index in [1.165, 1.54) is 11.3 Å². The molecule has 0 unspecified atom stereocenters. The zero-order valence-electron chi connectivity index (χ0n) is 9.89. The second-order valence-electron chi connectivity index (χ2n) is 4.00. The molecule has 4 nitrogen and oxygen atoms in total. The summed E-state index contributed by atoms with van der Waals surface area (Å²) in [6.07, 6.45) is 0. The van der Waals surface area contributed by atoms with Crippen molar-refractivity contribution in [2.24, 2.45) is 0 Å². The first kappa shape index (κ1) is 12.9. The lowest BCUT2D eigenvalue weighted by atomic mass is 10.1. The number of imidazole rings is 1. The molecule has 98 valence electrons. The molecular weight excluding hydrogens is 305 g/mol. The molecule has 0 spiro atoms. The van der Waals surface area contributed by atoms with Crippen molar-refractivity contribution in [2.75, 3.05) is 0 Å². The molecule has 0 aliphatic carbocycles. The first-order chi connectivity index (χ1) is 9.10. The van der Waals surface area contributed by atoms with Crippen molar-refractivity contribution < 1.29 is 5.11 Å². The van der Waals surface area contributed by atoms with Gasteiger partial charge in [-0.05, 0) is 25.1 Å². The number of aliphatic hydroxyl groups excluding tert-OH is 1. The van der Waals surface area contributed by atoms with Gasteiger partial charge in [0, 0.05) is 10.6 Å². The van der Waals surface area contributed by atoms with Crippen LogP contribution in [0.4, 0.5) is 0 Å². The van der Waals surface area contributed by atoms with Gasteiger partial charge in [-0.2, -0.15) is 5.10 Å². The molecule has 1 aromatic carbocycles. The van der Waals surface area contributed by atoms with Gasteiger partial charge in [0.2, 0.25) is 4.96 Å². The highest BCUT2D eigenvalue weighted by Gasteiger charge is 2.18. The van der Waals surface area contributed by atoms with Crippen LogP contribution >= 0.6 is 34.5 Å². The third-order valence-electron chi connectivity index (χ3n) is 2.73. The van der Waals surface area contributed by atoms with Crippen molar-refractivity contribution in [3.63, 3.8) is 0 Å². The predicted octanol–water partition coefficient (Wildman–Crippen LogP) is 3.57. The maximum atomic E-state index is 9.56. The lowest BCUT2D eigenvalue weighted by Crippen LogP contribution is -1.96. The SMILES string of the molecule is Cc1nn2c(CO)c(-c3ccc(Cl)cc3Cl)nc2s1. The summed E-state index contributed by atoms with van der Waals surface area (Å²) in [6, 6.07) is 5.20. The van der Waals surface area contributed by atoms with Crippen LogP contribution < -0.4 is 0 Å². The van der Waals surface area contributed by atoms with Gasteiger partial charge < -0.3 is 5.11 Å². The summed E-state index contributed by atoms with van der Waals surface area (Å²) >= 11 is 13.5. The van der Waals surface area contributed by atoms with Crippen molar-refractivity contribution >= 4 is 39.5 Å². The Kier molecular flexibility index (Phi) is 3.22. The van der Waals surface area contributed by atoms with E-state index in [2.05, 4.69) is 10.1 Å². The number of fused-ring (bicyclic) bond motifs is 1. The van der Waals surface area contributed by atoms with E-state index in [1.807, 2.05) is 6.92 Å². The fourth-order valence-electron chi connectivity index (χ4n) is 1.92. The molecule has 0 amide bonds. The molecule has 3 aromatic rings. The molecule has 3 rings (SSSR count). The minimum absolute atomic E-state index is 0.154. The number of halogens is 2. The molecule has 0 bridgehead atoms. The zero-order valence-corrected chi connectivity index (χ0v) is 12.2. The molecule has 0 saturated carbocycles. The molecule has 0 aliphatic rings. The van der Waals surface area contributed by atoms with Gasteiger partial charge in [-0.1, -0.05) is 34.5 Å². The van der Waals surface area contributed by atoms with Crippen molar-refractivity contribution in [2.45, 2.75) is 13.5 Å². The Hall–Kier alpha value is -1.14. The van der Waals surface area contributed by atoms with E-state index in [1.54, 1.807) is 22.7 Å². The van der Waals surface area contributed by atoms with Gasteiger partial charge in [-0.3, -0.25) is 0 Å². The van der Waals surface area contributed by atoms with Crippen molar-refractivity contribution in [1.29, 1.82) is 0 Å². The van der Waals surface area contributed by atoms with E-state index in [0.29, 0.717) is 21.4 Å². The van der Waals surface area contributed by atoms with Crippen LogP contribution in [0.5, 0.6) is 0 Å². The van der Waals surface area contributed by atoms with Gasteiger partial charge in [0.1, 0.15) is 5.01 Å². The molecule has 0 saturated heterocycles. The van der Waals surface area contributed by atoms with E-state index in [-0.39, 0.29) is 6.61 Å². The van der Waals surface area contributed by atoms with Gasteiger partial charge in [0.15, 0.2) is 0 Å². The summed E-state index contributed by atoms with van der Waals surface area (Å²) in [7, 11) is 0. The summed E-state index contributed by atoms with van der Waals surface area (Å²) < 4.78 is 1.65. The van der Waals surface area contributed by atoms with Gasteiger partial charge in [-0.25, -0.2) is 9.50 Å². The first-order valence-corrected chi connectivity index (χ1v) is 7.08. The molecule has 0 aliphatic heterocycles. The number of aliphatic hydroxyl groups is 1. The Balaban J connectivity index is 2.26. The molecule has 2 aromatic heterocycles. The van der Waals surface area contributed by atoms with Crippen LogP contribution in [0.1, 0.15) is 10.7 Å². The number of aryl methyl sites for hydroxylation is 1. The van der Waals surface area contributed by atoms with E-state index >= 15 is 0 Å². The lowest BCUT2D eigenvalue weighted by molar-refractivity contribution is 0.275. The fourth-order valence-corrected chi connectivity index (χ4v) is 3.18. The molecule has 1 N–H and O–H groups in total. The minimum atomic E-state index is -0.154. The summed E-state index contributed by atoms with van der Waals surface area (Å²) in [5.74, 6) is 0. The summed E-state index contributed by atoms with van der Waals surface area (Å²) in [5.41, 5.74) is 2.01. The Morgan fingerprint density at radius 1 is 1.37 bits per heavy atom. The third-order valence-corrected chi connectivity index (χ3v) is 4.11. The van der Waals surface area contributed by atoms with Gasteiger partial charge in [0.05, 0.1) is 23.0 Å². The molecule has 2 heterocycles. The highest BCUT2D eigenvalue weighted by molar-refractivity contribution is 7.16. The van der Waals surface area contributed by atoms with E-state index < -0.39 is 0 Å². The maximum absolute atomic E-state index is 9.56. The second kappa shape index (κ2) is 4.76. The van der Waals surface area contributed by atoms with Crippen LogP contribution in [0.3, 0.4) is 0 Å². The minimum Gasteiger partial charge on any atom is -0.390 e. The quantitative estimate of drug-likeness (QED) is 0.787. The van der Waals surface area contributed by atoms with E-state index in [0.717, 1.165) is 15.5 Å². The topological polar surface area (TPSA) is 50.4 Å². The van der Waals surface area contributed by atoms with Crippen LogP contribution in [0.15, 0.2) is 18.2 Å². The van der Waals surface area contributed by atoms with Crippen molar-refractivity contribution in [3.05, 3.63) is 38.9 Å². The number of hydrogen-bond acceptors (Lipinski definition) is 4. The van der Waals surface area contributed by atoms with Crippen molar-refractivity contribution in [3.8, 4) is 11.3 Å². The predicted molar refractivity (Wildman–Crippen MR) is 77.0 cm³/mol. The molecule has 0 radical (unpaired) electrons. The van der Waals surface area contributed by atoms with Crippen LogP contribution in [-0.4, -0.2) is 19.7 Å². The number of benzene rings is 1. The zero-order chi connectivity index (χ0) is 13.6. The van der Waals surface area contributed by atoms with E-state index in [9.17, 15) is 5.11 Å². The van der Waals surface area contributed by atoms with Gasteiger partial charge >= 0.3 is 0 Å². The Morgan fingerprint density at radius 2 is 2.16 bits per heavy atom. The maximum Gasteiger partial charge on any atom is 0.213 e. The van der Waals surface area contributed by atoms with Crippen LogP contribution in [0, 0.1) is 6.92 Å². The largest absolute Gasteiger partial charge is 0.390 e. The van der Waals surface area contributed by atoms with Crippen LogP contribution in [0.25, 0.3) is 16.2 Å². The monoisotopic (exact) mass is 313 g/mol. The second-order valence-corrected chi connectivity index (χ2v) is 6.01. The Bertz CT molecular complexity index is 766.